The lowest BCUT2D eigenvalue weighted by molar-refractivity contribution is -0.149. The largest absolute Gasteiger partial charge is 0.480 e. The molecule has 0 radical (unpaired) electrons. The Balaban J connectivity index is 1.83. The van der Waals surface area contributed by atoms with E-state index in [0.29, 0.717) is 25.4 Å². The van der Waals surface area contributed by atoms with Gasteiger partial charge in [0.15, 0.2) is 0 Å². The molecule has 1 aliphatic heterocycles. The smallest absolute Gasteiger partial charge is 0.323 e. The van der Waals surface area contributed by atoms with Gasteiger partial charge in [-0.2, -0.15) is 0 Å². The number of ether oxygens (including phenoxy) is 2. The molecule has 0 amide bonds. The van der Waals surface area contributed by atoms with Crippen molar-refractivity contribution in [3.8, 4) is 0 Å². The van der Waals surface area contributed by atoms with Crippen molar-refractivity contribution in [2.45, 2.75) is 43.7 Å². The molecule has 0 aromatic heterocycles. The first-order valence-corrected chi connectivity index (χ1v) is 6.78. The van der Waals surface area contributed by atoms with E-state index in [2.05, 4.69) is 5.32 Å². The topological polar surface area (TPSA) is 67.8 Å². The minimum absolute atomic E-state index is 0.0582. The Morgan fingerprint density at radius 3 is 3.00 bits per heavy atom. The summed E-state index contributed by atoms with van der Waals surface area (Å²) in [4.78, 5) is 11.4. The summed E-state index contributed by atoms with van der Waals surface area (Å²) in [5, 5.41) is 12.3. The van der Waals surface area contributed by atoms with Crippen molar-refractivity contribution < 1.29 is 19.4 Å². The van der Waals surface area contributed by atoms with Gasteiger partial charge in [-0.3, -0.25) is 4.79 Å². The van der Waals surface area contributed by atoms with Crippen molar-refractivity contribution in [3.05, 3.63) is 0 Å². The molecule has 3 unspecified atom stereocenters. The molecule has 104 valence electrons. The fourth-order valence-electron chi connectivity index (χ4n) is 2.88. The standard InChI is InChI=1S/C13H23NO4/c1-14-13(12(15)16)5-2-3-11(7-13)18-9-10-4-6-17-8-10/h10-11,14H,2-9H2,1H3,(H,15,16). The monoisotopic (exact) mass is 257 g/mol. The van der Waals surface area contributed by atoms with Crippen molar-refractivity contribution in [1.29, 1.82) is 0 Å². The van der Waals surface area contributed by atoms with Crippen LogP contribution < -0.4 is 5.32 Å². The van der Waals surface area contributed by atoms with Crippen LogP contribution in [0.2, 0.25) is 0 Å². The predicted octanol–water partition coefficient (Wildman–Crippen LogP) is 1.02. The molecular formula is C13H23NO4. The molecule has 2 rings (SSSR count). The third-order valence-corrected chi connectivity index (χ3v) is 4.19. The average Bonchev–Trinajstić information content (AvgIpc) is 2.89. The maximum Gasteiger partial charge on any atom is 0.323 e. The van der Waals surface area contributed by atoms with Gasteiger partial charge in [0.1, 0.15) is 5.54 Å². The van der Waals surface area contributed by atoms with E-state index in [9.17, 15) is 9.90 Å². The lowest BCUT2D eigenvalue weighted by atomic mass is 9.80. The number of hydrogen-bond donors (Lipinski definition) is 2. The summed E-state index contributed by atoms with van der Waals surface area (Å²) in [5.41, 5.74) is -0.797. The highest BCUT2D eigenvalue weighted by Crippen LogP contribution is 2.31. The molecule has 2 N–H and O–H groups in total. The van der Waals surface area contributed by atoms with E-state index in [-0.39, 0.29) is 6.10 Å². The molecule has 5 heteroatoms. The molecular weight excluding hydrogens is 234 g/mol. The molecule has 3 atom stereocenters. The summed E-state index contributed by atoms with van der Waals surface area (Å²) in [6.07, 6.45) is 4.23. The van der Waals surface area contributed by atoms with Crippen LogP contribution in [0.15, 0.2) is 0 Å². The van der Waals surface area contributed by atoms with Crippen LogP contribution in [-0.4, -0.2) is 49.6 Å². The highest BCUT2D eigenvalue weighted by molar-refractivity contribution is 5.79. The van der Waals surface area contributed by atoms with Crippen LogP contribution in [-0.2, 0) is 14.3 Å². The highest BCUT2D eigenvalue weighted by Gasteiger charge is 2.42. The van der Waals surface area contributed by atoms with Crippen LogP contribution in [0.5, 0.6) is 0 Å². The van der Waals surface area contributed by atoms with Gasteiger partial charge in [-0.1, -0.05) is 0 Å². The Bertz CT molecular complexity index is 291. The summed E-state index contributed by atoms with van der Waals surface area (Å²) in [7, 11) is 1.72. The molecule has 5 nitrogen and oxygen atoms in total. The number of hydrogen-bond acceptors (Lipinski definition) is 4. The molecule has 18 heavy (non-hydrogen) atoms. The first-order valence-electron chi connectivity index (χ1n) is 6.78. The zero-order valence-electron chi connectivity index (χ0n) is 11.0. The number of carboxylic acid groups (broad SMARTS) is 1. The quantitative estimate of drug-likeness (QED) is 0.770. The molecule has 2 aliphatic rings. The van der Waals surface area contributed by atoms with Crippen molar-refractivity contribution >= 4 is 5.97 Å². The second-order valence-corrected chi connectivity index (χ2v) is 5.42. The fourth-order valence-corrected chi connectivity index (χ4v) is 2.88. The van der Waals surface area contributed by atoms with E-state index in [1.807, 2.05) is 0 Å². The van der Waals surface area contributed by atoms with Crippen molar-refractivity contribution in [2.24, 2.45) is 5.92 Å². The average molecular weight is 257 g/mol. The van der Waals surface area contributed by atoms with Crippen LogP contribution in [0.25, 0.3) is 0 Å². The number of rotatable bonds is 5. The Morgan fingerprint density at radius 2 is 2.39 bits per heavy atom. The molecule has 1 saturated heterocycles. The first-order chi connectivity index (χ1) is 8.66. The Hall–Kier alpha value is -0.650. The molecule has 1 saturated carbocycles. The third-order valence-electron chi connectivity index (χ3n) is 4.19. The van der Waals surface area contributed by atoms with Crippen molar-refractivity contribution in [3.63, 3.8) is 0 Å². The minimum atomic E-state index is -0.797. The summed E-state index contributed by atoms with van der Waals surface area (Å²) < 4.78 is 11.2. The second kappa shape index (κ2) is 5.99. The van der Waals surface area contributed by atoms with Crippen molar-refractivity contribution in [2.75, 3.05) is 26.9 Å². The van der Waals surface area contributed by atoms with Crippen LogP contribution in [0.1, 0.15) is 32.1 Å². The molecule has 0 spiro atoms. The number of carboxylic acids is 1. The number of aliphatic carboxylic acids is 1. The zero-order valence-corrected chi connectivity index (χ0v) is 11.0. The van der Waals surface area contributed by atoms with Crippen LogP contribution in [0, 0.1) is 5.92 Å². The molecule has 0 aromatic rings. The Kier molecular flexibility index (Phi) is 4.59. The van der Waals surface area contributed by atoms with E-state index in [0.717, 1.165) is 32.5 Å². The molecule has 0 bridgehead atoms. The molecule has 1 aliphatic carbocycles. The van der Waals surface area contributed by atoms with E-state index in [4.69, 9.17) is 9.47 Å². The summed E-state index contributed by atoms with van der Waals surface area (Å²) in [6, 6.07) is 0. The van der Waals surface area contributed by atoms with Gasteiger partial charge in [0.05, 0.1) is 19.3 Å². The predicted molar refractivity (Wildman–Crippen MR) is 66.6 cm³/mol. The van der Waals surface area contributed by atoms with E-state index in [1.165, 1.54) is 0 Å². The maximum absolute atomic E-state index is 11.4. The molecule has 0 aromatic carbocycles. The lowest BCUT2D eigenvalue weighted by Gasteiger charge is -2.37. The van der Waals surface area contributed by atoms with Crippen LogP contribution in [0.4, 0.5) is 0 Å². The van der Waals surface area contributed by atoms with Gasteiger partial charge >= 0.3 is 5.97 Å². The first kappa shape index (κ1) is 13.8. The maximum atomic E-state index is 11.4. The van der Waals surface area contributed by atoms with Gasteiger partial charge in [-0.05, 0) is 32.7 Å². The molecule has 2 fully saturated rings. The van der Waals surface area contributed by atoms with Gasteiger partial charge in [-0.15, -0.1) is 0 Å². The number of nitrogens with one attached hydrogen (secondary N) is 1. The van der Waals surface area contributed by atoms with Gasteiger partial charge in [0, 0.05) is 18.9 Å². The number of likely N-dealkylation sites (N-methyl/N-ethyl adjacent to an activating group) is 1. The van der Waals surface area contributed by atoms with Crippen molar-refractivity contribution in [1.82, 2.24) is 5.32 Å². The fraction of sp³-hybridized carbons (Fsp3) is 0.923. The molecule has 1 heterocycles. The van der Waals surface area contributed by atoms with Gasteiger partial charge < -0.3 is 19.9 Å². The summed E-state index contributed by atoms with van der Waals surface area (Å²) in [5.74, 6) is -0.275. The lowest BCUT2D eigenvalue weighted by Crippen LogP contribution is -2.54. The van der Waals surface area contributed by atoms with Crippen LogP contribution in [0.3, 0.4) is 0 Å². The number of carbonyl (C=O) groups is 1. The summed E-state index contributed by atoms with van der Waals surface area (Å²) in [6.45, 7) is 2.31. The summed E-state index contributed by atoms with van der Waals surface area (Å²) >= 11 is 0. The van der Waals surface area contributed by atoms with E-state index < -0.39 is 11.5 Å². The SMILES string of the molecule is CNC1(C(=O)O)CCCC(OCC2CCOC2)C1. The van der Waals surface area contributed by atoms with Crippen LogP contribution >= 0.6 is 0 Å². The Morgan fingerprint density at radius 1 is 1.56 bits per heavy atom. The van der Waals surface area contributed by atoms with Gasteiger partial charge in [0.25, 0.3) is 0 Å². The minimum Gasteiger partial charge on any atom is -0.480 e. The van der Waals surface area contributed by atoms with E-state index in [1.54, 1.807) is 7.05 Å². The highest BCUT2D eigenvalue weighted by atomic mass is 16.5. The third kappa shape index (κ3) is 3.02. The van der Waals surface area contributed by atoms with Gasteiger partial charge in [0.2, 0.25) is 0 Å². The second-order valence-electron chi connectivity index (χ2n) is 5.42. The normalized spacial score (nSPS) is 36.7. The zero-order chi connectivity index (χ0) is 13.0. The van der Waals surface area contributed by atoms with E-state index >= 15 is 0 Å². The van der Waals surface area contributed by atoms with Gasteiger partial charge in [-0.25, -0.2) is 0 Å². The Labute approximate surface area is 108 Å².